The van der Waals surface area contributed by atoms with Crippen molar-refractivity contribution in [1.29, 1.82) is 0 Å². The summed E-state index contributed by atoms with van der Waals surface area (Å²) in [4.78, 5) is 0. The summed E-state index contributed by atoms with van der Waals surface area (Å²) in [5, 5.41) is 3.51. The van der Waals surface area contributed by atoms with Crippen LogP contribution in [0.1, 0.15) is 6.92 Å². The van der Waals surface area contributed by atoms with Gasteiger partial charge >= 0.3 is 41.2 Å². The molecule has 0 aromatic carbocycles. The fourth-order valence-electron chi connectivity index (χ4n) is 3.29. The van der Waals surface area contributed by atoms with Crippen LogP contribution in [0.3, 0.4) is 0 Å². The van der Waals surface area contributed by atoms with Crippen LogP contribution in [-0.4, -0.2) is 19.2 Å². The normalized spacial score (nSPS) is 30.2. The van der Waals surface area contributed by atoms with Gasteiger partial charge in [0.1, 0.15) is 0 Å². The molecule has 1 N–H and O–H groups in total. The Kier molecular flexibility index (Phi) is 15.3. The van der Waals surface area contributed by atoms with Gasteiger partial charge in [-0.05, 0) is 122 Å². The Morgan fingerprint density at radius 3 is 1.59 bits per heavy atom. The van der Waals surface area contributed by atoms with Gasteiger partial charge in [0, 0.05) is 17.9 Å². The first-order chi connectivity index (χ1) is 13.3. The third-order valence-electron chi connectivity index (χ3n) is 4.61. The fourth-order valence-corrected chi connectivity index (χ4v) is 3.29. The van der Waals surface area contributed by atoms with E-state index in [2.05, 4.69) is 63.9 Å². The van der Waals surface area contributed by atoms with E-state index in [0.29, 0.717) is 0 Å². The van der Waals surface area contributed by atoms with Crippen LogP contribution in [0.25, 0.3) is 0 Å². The summed E-state index contributed by atoms with van der Waals surface area (Å²) >= 11 is 0. The number of hydrogen-bond acceptors (Lipinski definition) is 2. The second-order valence-corrected chi connectivity index (χ2v) is 6.65. The maximum atomic E-state index is 5.99. The second kappa shape index (κ2) is 15.8. The van der Waals surface area contributed by atoms with Gasteiger partial charge in [-0.3, -0.25) is 0 Å². The van der Waals surface area contributed by atoms with Crippen molar-refractivity contribution in [3.05, 3.63) is 127 Å². The minimum absolute atomic E-state index is 0. The molecule has 4 saturated carbocycles. The maximum Gasteiger partial charge on any atom is 2.00 e. The van der Waals surface area contributed by atoms with Crippen molar-refractivity contribution in [2.75, 3.05) is 0 Å². The van der Waals surface area contributed by atoms with E-state index in [-0.39, 0.29) is 53.3 Å². The van der Waals surface area contributed by atoms with Crippen LogP contribution >= 0.6 is 0 Å². The zero-order chi connectivity index (χ0) is 18.9. The molecule has 2 nitrogen and oxygen atoms in total. The molecule has 0 spiro atoms. The Labute approximate surface area is 203 Å². The predicted octanol–water partition coefficient (Wildman–Crippen LogP) is 3.70. The molecule has 1 saturated heterocycles. The van der Waals surface area contributed by atoms with Crippen LogP contribution in [0.15, 0.2) is 0 Å². The Bertz CT molecular complexity index is 375. The van der Waals surface area contributed by atoms with E-state index >= 15 is 0 Å². The van der Waals surface area contributed by atoms with Gasteiger partial charge in [0.2, 0.25) is 0 Å². The summed E-state index contributed by atoms with van der Waals surface area (Å²) in [5.41, 5.74) is 0. The van der Waals surface area contributed by atoms with Gasteiger partial charge in [-0.1, -0.05) is 6.92 Å². The molecule has 29 heavy (non-hydrogen) atoms. The summed E-state index contributed by atoms with van der Waals surface area (Å²) in [6.45, 7) is 4.22. The molecule has 0 unspecified atom stereocenters. The second-order valence-electron chi connectivity index (χ2n) is 6.65. The van der Waals surface area contributed by atoms with Crippen molar-refractivity contribution in [3.63, 3.8) is 0 Å². The molecule has 1 aliphatic heterocycles. The van der Waals surface area contributed by atoms with E-state index in [1.165, 1.54) is 17.8 Å². The van der Waals surface area contributed by atoms with Crippen LogP contribution in [0.2, 0.25) is 6.82 Å². The summed E-state index contributed by atoms with van der Waals surface area (Å²) in [7, 11) is 0.106. The van der Waals surface area contributed by atoms with Gasteiger partial charge in [-0.25, -0.2) is 0 Å². The standard InChI is InChI=1S/C14H16BNO.2C5H5.2Fe/c1-10-6-5-9-12(10)13-14(17-15(2)16-13)11-7-3-4-8-11;2*1-2-4-5-3-1;;/h3-9,13-14,16H,1-2H3;2*1-5H;;/q;;;2*+2/t13-,14+;;;;/m1..../s1. The smallest absolute Gasteiger partial charge is 0.417 e. The molecule has 4 aliphatic carbocycles. The molecule has 20 radical (unpaired) electrons. The van der Waals surface area contributed by atoms with E-state index in [0.717, 1.165) is 0 Å². The average Bonchev–Trinajstić information content (AvgIpc) is 3.48. The largest absolute Gasteiger partial charge is 2.00 e. The average molecular weight is 467 g/mol. The molecule has 0 aromatic rings. The van der Waals surface area contributed by atoms with E-state index in [9.17, 15) is 0 Å². The zero-order valence-electron chi connectivity index (χ0n) is 16.7. The zero-order valence-corrected chi connectivity index (χ0v) is 18.9. The van der Waals surface area contributed by atoms with Crippen molar-refractivity contribution in [1.82, 2.24) is 5.23 Å². The molecule has 5 fully saturated rings. The van der Waals surface area contributed by atoms with Gasteiger partial charge < -0.3 is 9.88 Å². The topological polar surface area (TPSA) is 21.3 Å². The number of hydrogen-bond donors (Lipinski definition) is 1. The van der Waals surface area contributed by atoms with E-state index in [4.69, 9.17) is 4.65 Å². The van der Waals surface area contributed by atoms with E-state index in [1.807, 2.05) is 64.2 Å². The monoisotopic (exact) mass is 467 g/mol. The Morgan fingerprint density at radius 2 is 1.17 bits per heavy atom. The molecule has 5 heteroatoms. The summed E-state index contributed by atoms with van der Waals surface area (Å²) in [6.07, 6.45) is 35.0. The quantitative estimate of drug-likeness (QED) is 0.627. The Balaban J connectivity index is 0.000000290. The maximum absolute atomic E-state index is 5.99. The van der Waals surface area contributed by atoms with E-state index in [1.54, 1.807) is 0 Å². The van der Waals surface area contributed by atoms with Gasteiger partial charge in [0.05, 0.1) is 6.10 Å². The van der Waals surface area contributed by atoms with Crippen molar-refractivity contribution >= 4 is 7.05 Å². The van der Waals surface area contributed by atoms with Crippen LogP contribution < -0.4 is 5.23 Å². The SMILES string of the molecule is CB1N[C@H]([C]2[CH][CH][CH][C]2C)[C@H]([C]2[CH][CH][CH][CH]2)O1.[CH]1[CH][CH][CH][CH]1.[CH]1[CH][CH][CH][CH]1.[Fe+2].[Fe+2]. The first kappa shape index (κ1) is 28.1. The Morgan fingerprint density at radius 1 is 0.690 bits per heavy atom. The minimum Gasteiger partial charge on any atom is -0.417 e. The molecular formula is C24H26BFe2NO+4. The Hall–Kier alpha value is 1.02. The van der Waals surface area contributed by atoms with Gasteiger partial charge in [-0.15, -0.1) is 0 Å². The molecule has 5 aliphatic rings. The number of rotatable bonds is 2. The minimum atomic E-state index is 0. The van der Waals surface area contributed by atoms with Crippen LogP contribution in [0, 0.1) is 127 Å². The van der Waals surface area contributed by atoms with Crippen LogP contribution in [0.4, 0.5) is 0 Å². The van der Waals surface area contributed by atoms with Gasteiger partial charge in [0.25, 0.3) is 0 Å². The third-order valence-corrected chi connectivity index (χ3v) is 4.61. The first-order valence-electron chi connectivity index (χ1n) is 9.44. The van der Waals surface area contributed by atoms with Crippen LogP contribution in [-0.2, 0) is 38.8 Å². The molecule has 0 amide bonds. The predicted molar refractivity (Wildman–Crippen MR) is 112 cm³/mol. The summed E-state index contributed by atoms with van der Waals surface area (Å²) < 4.78 is 5.99. The molecule has 0 bridgehead atoms. The first-order valence-corrected chi connectivity index (χ1v) is 9.44. The molecule has 1 heterocycles. The van der Waals surface area contributed by atoms with Gasteiger partial charge in [-0.2, -0.15) is 0 Å². The van der Waals surface area contributed by atoms with Gasteiger partial charge in [0.15, 0.2) is 0 Å². The number of nitrogens with one attached hydrogen (secondary N) is 1. The summed E-state index contributed by atoms with van der Waals surface area (Å²) in [5.74, 6) is 3.93. The molecule has 2 atom stereocenters. The molecule has 0 aromatic heterocycles. The molecular weight excluding hydrogens is 441 g/mol. The van der Waals surface area contributed by atoms with Crippen molar-refractivity contribution in [3.8, 4) is 0 Å². The van der Waals surface area contributed by atoms with Crippen molar-refractivity contribution < 1.29 is 38.8 Å². The molecule has 5 rings (SSSR count). The molecule has 148 valence electrons. The summed E-state index contributed by atoms with van der Waals surface area (Å²) in [6, 6.07) is 0.266. The third kappa shape index (κ3) is 9.19. The fraction of sp³-hybridized carbons (Fsp3) is 0.167. The van der Waals surface area contributed by atoms with E-state index < -0.39 is 0 Å². The van der Waals surface area contributed by atoms with Crippen molar-refractivity contribution in [2.45, 2.75) is 25.9 Å². The van der Waals surface area contributed by atoms with Crippen LogP contribution in [0.5, 0.6) is 0 Å². The van der Waals surface area contributed by atoms with Crippen molar-refractivity contribution in [2.24, 2.45) is 0 Å².